The maximum Gasteiger partial charge on any atom is 0.235 e. The monoisotopic (exact) mass is 322 g/mol. The van der Waals surface area contributed by atoms with Crippen molar-refractivity contribution in [3.05, 3.63) is 36.7 Å². The van der Waals surface area contributed by atoms with Crippen molar-refractivity contribution in [2.45, 2.75) is 25.4 Å². The summed E-state index contributed by atoms with van der Waals surface area (Å²) in [6, 6.07) is 7.03. The highest BCUT2D eigenvalue weighted by atomic mass is 32.2. The maximum absolute atomic E-state index is 12.3. The van der Waals surface area contributed by atoms with Crippen molar-refractivity contribution in [1.82, 2.24) is 4.98 Å². The van der Waals surface area contributed by atoms with Gasteiger partial charge >= 0.3 is 0 Å². The van der Waals surface area contributed by atoms with E-state index < -0.39 is 10.0 Å². The van der Waals surface area contributed by atoms with E-state index in [2.05, 4.69) is 9.71 Å². The molecule has 118 valence electrons. The molecule has 1 aliphatic heterocycles. The average Bonchev–Trinajstić information content (AvgIpc) is 3.02. The van der Waals surface area contributed by atoms with Crippen LogP contribution in [0, 0.1) is 0 Å². The summed E-state index contributed by atoms with van der Waals surface area (Å²) in [6.45, 7) is 0.632. The van der Waals surface area contributed by atoms with E-state index in [0.29, 0.717) is 23.7 Å². The molecule has 1 fully saturated rings. The molecule has 1 saturated heterocycles. The van der Waals surface area contributed by atoms with Crippen LogP contribution in [0.4, 0.5) is 5.69 Å². The van der Waals surface area contributed by atoms with Gasteiger partial charge in [0.05, 0.1) is 29.3 Å². The van der Waals surface area contributed by atoms with Crippen LogP contribution in [-0.4, -0.2) is 31.9 Å². The molecule has 2 aromatic rings. The van der Waals surface area contributed by atoms with Crippen molar-refractivity contribution >= 4 is 15.7 Å². The third kappa shape index (κ3) is 3.66. The molecular formula is C15H18N2O4S. The first kappa shape index (κ1) is 15.1. The van der Waals surface area contributed by atoms with Gasteiger partial charge in [-0.3, -0.25) is 4.72 Å². The second kappa shape index (κ2) is 6.50. The van der Waals surface area contributed by atoms with E-state index in [9.17, 15) is 8.42 Å². The van der Waals surface area contributed by atoms with E-state index in [1.165, 1.54) is 12.5 Å². The molecule has 1 atom stereocenters. The van der Waals surface area contributed by atoms with Gasteiger partial charge in [0.25, 0.3) is 0 Å². The maximum atomic E-state index is 12.3. The van der Waals surface area contributed by atoms with Gasteiger partial charge in [-0.2, -0.15) is 0 Å². The molecule has 6 nitrogen and oxygen atoms in total. The van der Waals surface area contributed by atoms with Crippen LogP contribution in [0.25, 0.3) is 11.5 Å². The molecule has 1 aromatic heterocycles. The minimum atomic E-state index is -3.49. The van der Waals surface area contributed by atoms with Gasteiger partial charge in [-0.15, -0.1) is 0 Å². The first-order chi connectivity index (χ1) is 10.6. The summed E-state index contributed by atoms with van der Waals surface area (Å²) in [5.41, 5.74) is 1.07. The van der Waals surface area contributed by atoms with E-state index in [1.807, 2.05) is 6.07 Å². The van der Waals surface area contributed by atoms with E-state index in [-0.39, 0.29) is 11.9 Å². The summed E-state index contributed by atoms with van der Waals surface area (Å²) in [6.07, 6.45) is 5.53. The SMILES string of the molecule is O=S(=O)(C[C@H]1CCCCO1)Nc1ccccc1-c1ncco1. The molecule has 0 amide bonds. The zero-order chi connectivity index (χ0) is 15.4. The fourth-order valence-electron chi connectivity index (χ4n) is 2.51. The molecule has 0 radical (unpaired) electrons. The fraction of sp³-hybridized carbons (Fsp3) is 0.400. The number of ether oxygens (including phenoxy) is 1. The van der Waals surface area contributed by atoms with Crippen LogP contribution in [0.1, 0.15) is 19.3 Å². The van der Waals surface area contributed by atoms with Crippen LogP contribution < -0.4 is 4.72 Å². The zero-order valence-electron chi connectivity index (χ0n) is 12.1. The van der Waals surface area contributed by atoms with Gasteiger partial charge in [-0.1, -0.05) is 12.1 Å². The van der Waals surface area contributed by atoms with E-state index in [0.717, 1.165) is 19.3 Å². The first-order valence-corrected chi connectivity index (χ1v) is 8.90. The Morgan fingerprint density at radius 3 is 2.86 bits per heavy atom. The van der Waals surface area contributed by atoms with Gasteiger partial charge in [0.15, 0.2) is 0 Å². The van der Waals surface area contributed by atoms with Crippen molar-refractivity contribution in [3.63, 3.8) is 0 Å². The number of sulfonamides is 1. The van der Waals surface area contributed by atoms with Crippen molar-refractivity contribution in [2.24, 2.45) is 0 Å². The highest BCUT2D eigenvalue weighted by Gasteiger charge is 2.23. The second-order valence-electron chi connectivity index (χ2n) is 5.25. The van der Waals surface area contributed by atoms with E-state index >= 15 is 0 Å². The molecule has 0 saturated carbocycles. The Kier molecular flexibility index (Phi) is 4.44. The van der Waals surface area contributed by atoms with Gasteiger partial charge in [0, 0.05) is 6.61 Å². The second-order valence-corrected chi connectivity index (χ2v) is 7.02. The molecule has 7 heteroatoms. The average molecular weight is 322 g/mol. The lowest BCUT2D eigenvalue weighted by atomic mass is 10.1. The molecule has 2 heterocycles. The minimum Gasteiger partial charge on any atom is -0.444 e. The zero-order valence-corrected chi connectivity index (χ0v) is 12.9. The Bertz CT molecular complexity index is 707. The Morgan fingerprint density at radius 2 is 2.14 bits per heavy atom. The number of oxazole rings is 1. The lowest BCUT2D eigenvalue weighted by Crippen LogP contribution is -2.31. The highest BCUT2D eigenvalue weighted by molar-refractivity contribution is 7.92. The number of benzene rings is 1. The molecule has 3 rings (SSSR count). The number of aromatic nitrogens is 1. The Morgan fingerprint density at radius 1 is 1.27 bits per heavy atom. The topological polar surface area (TPSA) is 81.4 Å². The van der Waals surface area contributed by atoms with E-state index in [1.54, 1.807) is 18.2 Å². The number of nitrogens with one attached hydrogen (secondary N) is 1. The minimum absolute atomic E-state index is 0.0348. The molecular weight excluding hydrogens is 304 g/mol. The Hall–Kier alpha value is -1.86. The van der Waals surface area contributed by atoms with Crippen LogP contribution in [0.2, 0.25) is 0 Å². The third-order valence-electron chi connectivity index (χ3n) is 3.53. The third-order valence-corrected chi connectivity index (χ3v) is 4.88. The number of nitrogens with zero attached hydrogens (tertiary/aromatic N) is 1. The lowest BCUT2D eigenvalue weighted by molar-refractivity contribution is 0.0306. The van der Waals surface area contributed by atoms with E-state index in [4.69, 9.17) is 9.15 Å². The Balaban J connectivity index is 1.77. The molecule has 0 spiro atoms. The van der Waals surface area contributed by atoms with Crippen LogP contribution in [0.15, 0.2) is 41.1 Å². The number of anilines is 1. The largest absolute Gasteiger partial charge is 0.444 e. The molecule has 22 heavy (non-hydrogen) atoms. The quantitative estimate of drug-likeness (QED) is 0.915. The predicted molar refractivity (Wildman–Crippen MR) is 82.9 cm³/mol. The number of hydrogen-bond donors (Lipinski definition) is 1. The number of hydrogen-bond acceptors (Lipinski definition) is 5. The van der Waals surface area contributed by atoms with Crippen molar-refractivity contribution < 1.29 is 17.6 Å². The molecule has 0 aliphatic carbocycles. The highest BCUT2D eigenvalue weighted by Crippen LogP contribution is 2.27. The van der Waals surface area contributed by atoms with Crippen LogP contribution >= 0.6 is 0 Å². The first-order valence-electron chi connectivity index (χ1n) is 7.25. The van der Waals surface area contributed by atoms with Crippen LogP contribution in [0.5, 0.6) is 0 Å². The van der Waals surface area contributed by atoms with Gasteiger partial charge in [-0.25, -0.2) is 13.4 Å². The standard InChI is InChI=1S/C15H18N2O4S/c18-22(19,11-12-5-3-4-9-20-12)17-14-7-2-1-6-13(14)15-16-8-10-21-15/h1-2,6-8,10,12,17H,3-5,9,11H2/t12-/m1/s1. The van der Waals surface area contributed by atoms with Crippen LogP contribution in [-0.2, 0) is 14.8 Å². The smallest absolute Gasteiger partial charge is 0.235 e. The molecule has 0 bridgehead atoms. The lowest BCUT2D eigenvalue weighted by Gasteiger charge is -2.22. The summed E-state index contributed by atoms with van der Waals surface area (Å²) >= 11 is 0. The van der Waals surface area contributed by atoms with Crippen molar-refractivity contribution in [3.8, 4) is 11.5 Å². The van der Waals surface area contributed by atoms with Gasteiger partial charge < -0.3 is 9.15 Å². The number of rotatable bonds is 5. The van der Waals surface area contributed by atoms with Gasteiger partial charge in [0.2, 0.25) is 15.9 Å². The summed E-state index contributed by atoms with van der Waals surface area (Å²) in [5.74, 6) is 0.347. The number of para-hydroxylation sites is 1. The van der Waals surface area contributed by atoms with Gasteiger partial charge in [0.1, 0.15) is 6.26 Å². The fourth-order valence-corrected chi connectivity index (χ4v) is 3.86. The Labute approximate surface area is 129 Å². The normalized spacial score (nSPS) is 19.0. The van der Waals surface area contributed by atoms with Gasteiger partial charge in [-0.05, 0) is 31.4 Å². The summed E-state index contributed by atoms with van der Waals surface area (Å²) < 4.78 is 38.1. The molecule has 1 aliphatic rings. The van der Waals surface area contributed by atoms with Crippen molar-refractivity contribution in [1.29, 1.82) is 0 Å². The summed E-state index contributed by atoms with van der Waals surface area (Å²) in [5, 5.41) is 0. The predicted octanol–water partition coefficient (Wildman–Crippen LogP) is 2.65. The molecule has 1 aromatic carbocycles. The van der Waals surface area contributed by atoms with Crippen LogP contribution in [0.3, 0.4) is 0 Å². The molecule has 0 unspecified atom stereocenters. The summed E-state index contributed by atoms with van der Waals surface area (Å²) in [7, 11) is -3.49. The summed E-state index contributed by atoms with van der Waals surface area (Å²) in [4.78, 5) is 4.07. The molecule has 1 N–H and O–H groups in total. The van der Waals surface area contributed by atoms with Crippen molar-refractivity contribution in [2.75, 3.05) is 17.1 Å².